The molecule has 86 valence electrons. The van der Waals surface area contributed by atoms with E-state index in [1.54, 1.807) is 24.0 Å². The lowest BCUT2D eigenvalue weighted by atomic mass is 10.0. The molecule has 2 unspecified atom stereocenters. The van der Waals surface area contributed by atoms with Crippen LogP contribution < -0.4 is 0 Å². The summed E-state index contributed by atoms with van der Waals surface area (Å²) in [6.07, 6.45) is 2.54. The zero-order valence-electron chi connectivity index (χ0n) is 9.49. The van der Waals surface area contributed by atoms with Gasteiger partial charge in [-0.05, 0) is 19.1 Å². The minimum absolute atomic E-state index is 0.441. The van der Waals surface area contributed by atoms with Crippen LogP contribution in [0.2, 0.25) is 0 Å². The van der Waals surface area contributed by atoms with E-state index in [9.17, 15) is 5.11 Å². The first kappa shape index (κ1) is 11.4. The van der Waals surface area contributed by atoms with Gasteiger partial charge in [-0.1, -0.05) is 18.2 Å². The molecule has 0 spiro atoms. The highest BCUT2D eigenvalue weighted by Gasteiger charge is 2.17. The normalized spacial score (nSPS) is 13.9. The fraction of sp³-hybridized carbons (Fsp3) is 0.231. The lowest BCUT2D eigenvalue weighted by Crippen LogP contribution is -2.05. The summed E-state index contributed by atoms with van der Waals surface area (Å²) < 4.78 is 1.68. The van der Waals surface area contributed by atoms with Crippen LogP contribution in [0.4, 0.5) is 0 Å². The number of hydrogen-bond acceptors (Lipinski definition) is 3. The summed E-state index contributed by atoms with van der Waals surface area (Å²) in [6, 6.07) is 11.7. The minimum atomic E-state index is -0.794. The quantitative estimate of drug-likeness (QED) is 0.873. The van der Waals surface area contributed by atoms with Crippen molar-refractivity contribution in [2.24, 2.45) is 5.92 Å². The molecule has 4 nitrogen and oxygen atoms in total. The van der Waals surface area contributed by atoms with E-state index in [4.69, 9.17) is 5.26 Å². The van der Waals surface area contributed by atoms with Crippen molar-refractivity contribution in [2.75, 3.05) is 0 Å². The van der Waals surface area contributed by atoms with Gasteiger partial charge in [-0.25, -0.2) is 4.68 Å². The Kier molecular flexibility index (Phi) is 3.22. The number of aliphatic hydroxyl groups is 1. The summed E-state index contributed by atoms with van der Waals surface area (Å²) in [5, 5.41) is 22.8. The SMILES string of the molecule is CC(C#N)C(O)c1cnn(-c2ccccc2)c1. The zero-order valence-corrected chi connectivity index (χ0v) is 9.49. The van der Waals surface area contributed by atoms with Gasteiger partial charge in [0.1, 0.15) is 0 Å². The maximum atomic E-state index is 9.87. The monoisotopic (exact) mass is 227 g/mol. The van der Waals surface area contributed by atoms with Gasteiger partial charge in [0, 0.05) is 11.8 Å². The fourth-order valence-electron chi connectivity index (χ4n) is 1.57. The summed E-state index contributed by atoms with van der Waals surface area (Å²) in [7, 11) is 0. The van der Waals surface area contributed by atoms with E-state index in [1.165, 1.54) is 0 Å². The molecule has 1 N–H and O–H groups in total. The van der Waals surface area contributed by atoms with E-state index >= 15 is 0 Å². The Labute approximate surface area is 99.7 Å². The molecule has 0 fully saturated rings. The molecule has 0 aliphatic heterocycles. The highest BCUT2D eigenvalue weighted by Crippen LogP contribution is 2.21. The Morgan fingerprint density at radius 2 is 2.06 bits per heavy atom. The van der Waals surface area contributed by atoms with Crippen LogP contribution in [0.5, 0.6) is 0 Å². The molecule has 0 saturated heterocycles. The van der Waals surface area contributed by atoms with Crippen molar-refractivity contribution >= 4 is 0 Å². The topological polar surface area (TPSA) is 61.8 Å². The maximum Gasteiger partial charge on any atom is 0.0975 e. The van der Waals surface area contributed by atoms with Crippen molar-refractivity contribution in [1.29, 1.82) is 5.26 Å². The molecule has 17 heavy (non-hydrogen) atoms. The summed E-state index contributed by atoms with van der Waals surface area (Å²) in [6.45, 7) is 1.69. The van der Waals surface area contributed by atoms with Crippen LogP contribution in [0, 0.1) is 17.2 Å². The van der Waals surface area contributed by atoms with Crippen LogP contribution in [0.15, 0.2) is 42.7 Å². The fourth-order valence-corrected chi connectivity index (χ4v) is 1.57. The van der Waals surface area contributed by atoms with Crippen LogP contribution in [0.25, 0.3) is 5.69 Å². The molecule has 1 aromatic heterocycles. The second kappa shape index (κ2) is 4.81. The molecule has 1 heterocycles. The first-order valence-electron chi connectivity index (χ1n) is 5.40. The molecule has 0 aliphatic carbocycles. The van der Waals surface area contributed by atoms with Gasteiger partial charge in [-0.3, -0.25) is 0 Å². The Morgan fingerprint density at radius 3 is 2.71 bits per heavy atom. The maximum absolute atomic E-state index is 9.87. The molecule has 0 bridgehead atoms. The largest absolute Gasteiger partial charge is 0.387 e. The van der Waals surface area contributed by atoms with Crippen LogP contribution in [-0.4, -0.2) is 14.9 Å². The number of nitrogens with zero attached hydrogens (tertiary/aromatic N) is 3. The molecule has 2 atom stereocenters. The average Bonchev–Trinajstić information content (AvgIpc) is 2.87. The van der Waals surface area contributed by atoms with Gasteiger partial charge in [0.25, 0.3) is 0 Å². The molecule has 0 amide bonds. The lowest BCUT2D eigenvalue weighted by molar-refractivity contribution is 0.143. The second-order valence-corrected chi connectivity index (χ2v) is 3.92. The third kappa shape index (κ3) is 2.35. The Hall–Kier alpha value is -2.12. The van der Waals surface area contributed by atoms with Crippen LogP contribution in [0.1, 0.15) is 18.6 Å². The third-order valence-corrected chi connectivity index (χ3v) is 2.64. The Balaban J connectivity index is 2.26. The Morgan fingerprint density at radius 1 is 1.35 bits per heavy atom. The number of benzene rings is 1. The van der Waals surface area contributed by atoms with Gasteiger partial charge < -0.3 is 5.11 Å². The van der Waals surface area contributed by atoms with E-state index in [1.807, 2.05) is 36.4 Å². The number of rotatable bonds is 3. The zero-order chi connectivity index (χ0) is 12.3. The molecule has 4 heteroatoms. The molecule has 1 aromatic carbocycles. The third-order valence-electron chi connectivity index (χ3n) is 2.64. The van der Waals surface area contributed by atoms with Crippen LogP contribution in [-0.2, 0) is 0 Å². The smallest absolute Gasteiger partial charge is 0.0975 e. The molecular weight excluding hydrogens is 214 g/mol. The van der Waals surface area contributed by atoms with Gasteiger partial charge in [0.15, 0.2) is 0 Å². The van der Waals surface area contributed by atoms with E-state index < -0.39 is 12.0 Å². The summed E-state index contributed by atoms with van der Waals surface area (Å²) >= 11 is 0. The second-order valence-electron chi connectivity index (χ2n) is 3.92. The molecule has 0 radical (unpaired) electrons. The molecule has 2 rings (SSSR count). The summed E-state index contributed by atoms with van der Waals surface area (Å²) in [5.41, 5.74) is 1.58. The first-order valence-corrected chi connectivity index (χ1v) is 5.40. The highest BCUT2D eigenvalue weighted by atomic mass is 16.3. The van der Waals surface area contributed by atoms with E-state index in [0.29, 0.717) is 5.56 Å². The van der Waals surface area contributed by atoms with Crippen LogP contribution in [0.3, 0.4) is 0 Å². The van der Waals surface area contributed by atoms with Gasteiger partial charge in [-0.15, -0.1) is 0 Å². The lowest BCUT2D eigenvalue weighted by Gasteiger charge is -2.09. The van der Waals surface area contributed by atoms with Gasteiger partial charge in [0.2, 0.25) is 0 Å². The van der Waals surface area contributed by atoms with Crippen molar-refractivity contribution in [1.82, 2.24) is 9.78 Å². The van der Waals surface area contributed by atoms with E-state index in [-0.39, 0.29) is 0 Å². The predicted molar refractivity (Wildman–Crippen MR) is 63.3 cm³/mol. The van der Waals surface area contributed by atoms with Gasteiger partial charge in [-0.2, -0.15) is 10.4 Å². The van der Waals surface area contributed by atoms with Crippen molar-refractivity contribution in [3.05, 3.63) is 48.3 Å². The van der Waals surface area contributed by atoms with Crippen molar-refractivity contribution < 1.29 is 5.11 Å². The van der Waals surface area contributed by atoms with E-state index in [2.05, 4.69) is 5.10 Å². The predicted octanol–water partition coefficient (Wildman–Crippen LogP) is 2.07. The van der Waals surface area contributed by atoms with Crippen molar-refractivity contribution in [2.45, 2.75) is 13.0 Å². The number of para-hydroxylation sites is 1. The van der Waals surface area contributed by atoms with Crippen molar-refractivity contribution in [3.8, 4) is 11.8 Å². The van der Waals surface area contributed by atoms with E-state index in [0.717, 1.165) is 5.69 Å². The molecule has 0 aliphatic rings. The molecule has 0 saturated carbocycles. The summed E-state index contributed by atoms with van der Waals surface area (Å²) in [5.74, 6) is -0.441. The molecular formula is C13H13N3O. The standard InChI is InChI=1S/C13H13N3O/c1-10(7-14)13(17)11-8-15-16(9-11)12-5-3-2-4-6-12/h2-6,8-10,13,17H,1H3. The van der Waals surface area contributed by atoms with Gasteiger partial charge >= 0.3 is 0 Å². The molecule has 2 aromatic rings. The number of nitriles is 1. The average molecular weight is 227 g/mol. The summed E-state index contributed by atoms with van der Waals surface area (Å²) in [4.78, 5) is 0. The van der Waals surface area contributed by atoms with Crippen LogP contribution >= 0.6 is 0 Å². The Bertz CT molecular complexity index is 527. The number of aromatic nitrogens is 2. The number of aliphatic hydroxyl groups excluding tert-OH is 1. The highest BCUT2D eigenvalue weighted by molar-refractivity contribution is 5.31. The van der Waals surface area contributed by atoms with Gasteiger partial charge in [0.05, 0.1) is 30.0 Å². The number of hydrogen-bond donors (Lipinski definition) is 1. The minimum Gasteiger partial charge on any atom is -0.387 e. The first-order chi connectivity index (χ1) is 8.22. The van der Waals surface area contributed by atoms with Crippen molar-refractivity contribution in [3.63, 3.8) is 0 Å².